The van der Waals surface area contributed by atoms with E-state index in [0.29, 0.717) is 13.2 Å². The summed E-state index contributed by atoms with van der Waals surface area (Å²) in [6.07, 6.45) is 3.14. The third-order valence-electron chi connectivity index (χ3n) is 2.92. The molecule has 1 fully saturated rings. The average molecular weight is 239 g/mol. The molecule has 17 heavy (non-hydrogen) atoms. The molecule has 6 nitrogen and oxygen atoms in total. The Morgan fingerprint density at radius 1 is 1.71 bits per heavy atom. The second kappa shape index (κ2) is 5.29. The van der Waals surface area contributed by atoms with Crippen LogP contribution in [0.2, 0.25) is 0 Å². The molecular weight excluding hydrogens is 222 g/mol. The highest BCUT2D eigenvalue weighted by molar-refractivity contribution is 5.74. The normalized spacial score (nSPS) is 21.4. The maximum absolute atomic E-state index is 11.4. The Balaban J connectivity index is 1.94. The molecule has 0 radical (unpaired) electrons. The lowest BCUT2D eigenvalue weighted by Crippen LogP contribution is -2.46. The molecule has 0 saturated carbocycles. The summed E-state index contributed by atoms with van der Waals surface area (Å²) in [7, 11) is 3.34. The first-order chi connectivity index (χ1) is 8.20. The molecule has 1 aromatic rings. The van der Waals surface area contributed by atoms with Crippen molar-refractivity contribution in [2.45, 2.75) is 12.6 Å². The Hall–Kier alpha value is -1.40. The molecule has 2 rings (SSSR count). The highest BCUT2D eigenvalue weighted by Crippen LogP contribution is 2.10. The van der Waals surface area contributed by atoms with Crippen LogP contribution in [0.3, 0.4) is 0 Å². The van der Waals surface area contributed by atoms with Crippen molar-refractivity contribution in [1.29, 1.82) is 0 Å². The topological polar surface area (TPSA) is 56.6 Å². The highest BCUT2D eigenvalue weighted by Gasteiger charge is 2.27. The predicted molar refractivity (Wildman–Crippen MR) is 60.2 cm³/mol. The van der Waals surface area contributed by atoms with E-state index in [9.17, 15) is 4.79 Å². The Kier molecular flexibility index (Phi) is 3.75. The monoisotopic (exact) mass is 239 g/mol. The number of esters is 1. The van der Waals surface area contributed by atoms with E-state index in [1.54, 1.807) is 6.33 Å². The summed E-state index contributed by atoms with van der Waals surface area (Å²) in [4.78, 5) is 17.6. The van der Waals surface area contributed by atoms with E-state index in [-0.39, 0.29) is 5.97 Å². The lowest BCUT2D eigenvalue weighted by Gasteiger charge is -2.31. The van der Waals surface area contributed by atoms with E-state index in [2.05, 4.69) is 14.6 Å². The standard InChI is InChI=1S/C11H17N3O3/c1-13-8-12-5-9(13)6-14-3-4-17-10(7-14)11(15)16-2/h5,8,10H,3-4,6-7H2,1-2H3. The van der Waals surface area contributed by atoms with E-state index < -0.39 is 6.10 Å². The van der Waals surface area contributed by atoms with Gasteiger partial charge in [0.15, 0.2) is 6.10 Å². The number of carbonyl (C=O) groups excluding carboxylic acids is 1. The molecule has 0 aliphatic carbocycles. The fraction of sp³-hybridized carbons (Fsp3) is 0.636. The van der Waals surface area contributed by atoms with Gasteiger partial charge >= 0.3 is 5.97 Å². The van der Waals surface area contributed by atoms with Crippen LogP contribution in [0.15, 0.2) is 12.5 Å². The number of ether oxygens (including phenoxy) is 2. The number of carbonyl (C=O) groups is 1. The number of imidazole rings is 1. The van der Waals surface area contributed by atoms with Crippen molar-refractivity contribution in [3.8, 4) is 0 Å². The number of morpholine rings is 1. The van der Waals surface area contributed by atoms with Gasteiger partial charge in [0.25, 0.3) is 0 Å². The molecule has 1 aliphatic rings. The summed E-state index contributed by atoms with van der Waals surface area (Å²) in [5.41, 5.74) is 1.12. The minimum Gasteiger partial charge on any atom is -0.467 e. The van der Waals surface area contributed by atoms with Gasteiger partial charge in [0.1, 0.15) is 0 Å². The first-order valence-electron chi connectivity index (χ1n) is 5.57. The van der Waals surface area contributed by atoms with Crippen LogP contribution in [0.1, 0.15) is 5.69 Å². The Morgan fingerprint density at radius 2 is 2.53 bits per heavy atom. The molecule has 94 valence electrons. The van der Waals surface area contributed by atoms with Gasteiger partial charge in [-0.25, -0.2) is 9.78 Å². The maximum atomic E-state index is 11.4. The second-order valence-corrected chi connectivity index (χ2v) is 4.11. The Morgan fingerprint density at radius 3 is 3.18 bits per heavy atom. The van der Waals surface area contributed by atoms with Gasteiger partial charge in [-0.1, -0.05) is 0 Å². The number of aryl methyl sites for hydroxylation is 1. The smallest absolute Gasteiger partial charge is 0.336 e. The summed E-state index contributed by atoms with van der Waals surface area (Å²) in [5.74, 6) is -0.306. The first-order valence-corrected chi connectivity index (χ1v) is 5.57. The van der Waals surface area contributed by atoms with Crippen LogP contribution >= 0.6 is 0 Å². The van der Waals surface area contributed by atoms with Crippen LogP contribution in [-0.4, -0.2) is 53.3 Å². The largest absolute Gasteiger partial charge is 0.467 e. The molecule has 0 aromatic carbocycles. The Labute approximate surface area is 100 Å². The van der Waals surface area contributed by atoms with Crippen molar-refractivity contribution in [3.63, 3.8) is 0 Å². The number of rotatable bonds is 3. The molecule has 1 saturated heterocycles. The van der Waals surface area contributed by atoms with Crippen LogP contribution in [0, 0.1) is 0 Å². The van der Waals surface area contributed by atoms with Gasteiger partial charge in [0.2, 0.25) is 0 Å². The van der Waals surface area contributed by atoms with Crippen molar-refractivity contribution in [2.75, 3.05) is 26.8 Å². The van der Waals surface area contributed by atoms with Gasteiger partial charge in [-0.3, -0.25) is 4.90 Å². The van der Waals surface area contributed by atoms with E-state index in [1.165, 1.54) is 7.11 Å². The number of methoxy groups -OCH3 is 1. The number of hydrogen-bond donors (Lipinski definition) is 0. The molecule has 1 atom stereocenters. The van der Waals surface area contributed by atoms with Gasteiger partial charge in [0.05, 0.1) is 25.7 Å². The van der Waals surface area contributed by atoms with Crippen LogP contribution < -0.4 is 0 Å². The number of hydrogen-bond acceptors (Lipinski definition) is 5. The van der Waals surface area contributed by atoms with Crippen LogP contribution in [0.5, 0.6) is 0 Å². The van der Waals surface area contributed by atoms with Crippen LogP contribution in [0.25, 0.3) is 0 Å². The van der Waals surface area contributed by atoms with Crippen LogP contribution in [-0.2, 0) is 27.9 Å². The minimum absolute atomic E-state index is 0.306. The Bertz CT molecular complexity index is 391. The summed E-state index contributed by atoms with van der Waals surface area (Å²) in [5, 5.41) is 0. The van der Waals surface area contributed by atoms with E-state index in [0.717, 1.165) is 18.8 Å². The molecule has 1 aromatic heterocycles. The average Bonchev–Trinajstić information content (AvgIpc) is 2.74. The maximum Gasteiger partial charge on any atom is 0.336 e. The summed E-state index contributed by atoms with van der Waals surface area (Å²) in [6, 6.07) is 0. The molecule has 0 amide bonds. The molecule has 1 aliphatic heterocycles. The third kappa shape index (κ3) is 2.83. The van der Waals surface area contributed by atoms with Crippen LogP contribution in [0.4, 0.5) is 0 Å². The zero-order valence-electron chi connectivity index (χ0n) is 10.1. The lowest BCUT2D eigenvalue weighted by atomic mass is 10.2. The second-order valence-electron chi connectivity index (χ2n) is 4.11. The zero-order chi connectivity index (χ0) is 12.3. The summed E-state index contributed by atoms with van der Waals surface area (Å²) < 4.78 is 12.0. The van der Waals surface area contributed by atoms with Gasteiger partial charge in [-0.15, -0.1) is 0 Å². The number of nitrogens with zero attached hydrogens (tertiary/aromatic N) is 3. The SMILES string of the molecule is COC(=O)C1CN(Cc2cncn2C)CCO1. The van der Waals surface area contributed by atoms with E-state index in [1.807, 2.05) is 17.8 Å². The van der Waals surface area contributed by atoms with Gasteiger partial charge in [0, 0.05) is 32.9 Å². The summed E-state index contributed by atoms with van der Waals surface area (Å²) >= 11 is 0. The molecule has 6 heteroatoms. The predicted octanol–water partition coefficient (Wildman–Crippen LogP) is -0.206. The first kappa shape index (κ1) is 12.1. The van der Waals surface area contributed by atoms with Crippen molar-refractivity contribution in [3.05, 3.63) is 18.2 Å². The van der Waals surface area contributed by atoms with Gasteiger partial charge < -0.3 is 14.0 Å². The fourth-order valence-electron chi connectivity index (χ4n) is 1.89. The molecule has 2 heterocycles. The molecule has 0 spiro atoms. The molecule has 1 unspecified atom stereocenters. The number of aromatic nitrogens is 2. The lowest BCUT2D eigenvalue weighted by molar-refractivity contribution is -0.160. The highest BCUT2D eigenvalue weighted by atomic mass is 16.6. The third-order valence-corrected chi connectivity index (χ3v) is 2.92. The quantitative estimate of drug-likeness (QED) is 0.683. The zero-order valence-corrected chi connectivity index (χ0v) is 10.1. The van der Waals surface area contributed by atoms with Gasteiger partial charge in [-0.05, 0) is 0 Å². The fourth-order valence-corrected chi connectivity index (χ4v) is 1.89. The van der Waals surface area contributed by atoms with E-state index in [4.69, 9.17) is 4.74 Å². The molecule has 0 bridgehead atoms. The summed E-state index contributed by atoms with van der Waals surface area (Å²) in [6.45, 7) is 2.71. The molecule has 0 N–H and O–H groups in total. The van der Waals surface area contributed by atoms with Crippen molar-refractivity contribution >= 4 is 5.97 Å². The van der Waals surface area contributed by atoms with Crippen molar-refractivity contribution in [1.82, 2.24) is 14.5 Å². The van der Waals surface area contributed by atoms with Crippen molar-refractivity contribution < 1.29 is 14.3 Å². The minimum atomic E-state index is -0.470. The van der Waals surface area contributed by atoms with E-state index >= 15 is 0 Å². The van der Waals surface area contributed by atoms with Crippen molar-refractivity contribution in [2.24, 2.45) is 7.05 Å². The molecular formula is C11H17N3O3. The van der Waals surface area contributed by atoms with Gasteiger partial charge in [-0.2, -0.15) is 0 Å².